The third-order valence-electron chi connectivity index (χ3n) is 3.74. The minimum absolute atomic E-state index is 0.175. The Hall–Kier alpha value is -3.02. The second-order valence-electron chi connectivity index (χ2n) is 5.42. The highest BCUT2D eigenvalue weighted by atomic mass is 16.5. The second-order valence-corrected chi connectivity index (χ2v) is 5.42. The maximum Gasteiger partial charge on any atom is 0.315 e. The molecule has 6 nitrogen and oxygen atoms in total. The number of aromatic amines is 1. The number of H-pyrrole nitrogens is 1. The van der Waals surface area contributed by atoms with Crippen LogP contribution in [0.5, 0.6) is 5.75 Å². The molecule has 0 atom stereocenters. The zero-order valence-corrected chi connectivity index (χ0v) is 13.5. The Morgan fingerprint density at radius 1 is 1.21 bits per heavy atom. The Kier molecular flexibility index (Phi) is 4.96. The molecule has 1 aromatic carbocycles. The van der Waals surface area contributed by atoms with Crippen LogP contribution in [0.3, 0.4) is 0 Å². The molecule has 0 aliphatic heterocycles. The molecule has 0 radical (unpaired) electrons. The van der Waals surface area contributed by atoms with Crippen LogP contribution in [-0.2, 0) is 13.0 Å². The quantitative estimate of drug-likeness (QED) is 0.652. The van der Waals surface area contributed by atoms with Gasteiger partial charge in [-0.05, 0) is 17.7 Å². The van der Waals surface area contributed by atoms with Gasteiger partial charge in [0, 0.05) is 31.4 Å². The zero-order chi connectivity index (χ0) is 16.8. The van der Waals surface area contributed by atoms with E-state index in [0.717, 1.165) is 28.0 Å². The van der Waals surface area contributed by atoms with E-state index in [4.69, 9.17) is 4.74 Å². The minimum atomic E-state index is -0.175. The van der Waals surface area contributed by atoms with Crippen LogP contribution in [-0.4, -0.2) is 29.7 Å². The van der Waals surface area contributed by atoms with Gasteiger partial charge in [0.15, 0.2) is 0 Å². The van der Waals surface area contributed by atoms with E-state index in [-0.39, 0.29) is 6.03 Å². The predicted octanol–water partition coefficient (Wildman–Crippen LogP) is 2.61. The monoisotopic (exact) mass is 324 g/mol. The van der Waals surface area contributed by atoms with Crippen LogP contribution in [0.15, 0.2) is 48.7 Å². The van der Waals surface area contributed by atoms with Crippen molar-refractivity contribution >= 4 is 17.1 Å². The van der Waals surface area contributed by atoms with E-state index in [9.17, 15) is 4.79 Å². The van der Waals surface area contributed by atoms with Crippen LogP contribution in [0.1, 0.15) is 11.3 Å². The number of urea groups is 1. The average Bonchev–Trinajstić information content (AvgIpc) is 3.03. The van der Waals surface area contributed by atoms with Gasteiger partial charge in [-0.2, -0.15) is 0 Å². The Bertz CT molecular complexity index is 814. The van der Waals surface area contributed by atoms with E-state index in [1.165, 1.54) is 0 Å². The molecule has 2 heterocycles. The third kappa shape index (κ3) is 3.84. The summed E-state index contributed by atoms with van der Waals surface area (Å²) in [6, 6.07) is 13.5. The molecule has 3 N–H and O–H groups in total. The number of rotatable bonds is 6. The van der Waals surface area contributed by atoms with Crippen molar-refractivity contribution in [2.45, 2.75) is 13.0 Å². The highest BCUT2D eigenvalue weighted by molar-refractivity contribution is 5.83. The van der Waals surface area contributed by atoms with Gasteiger partial charge >= 0.3 is 6.03 Å². The molecule has 0 fully saturated rings. The summed E-state index contributed by atoms with van der Waals surface area (Å²) in [5, 5.41) is 6.64. The third-order valence-corrected chi connectivity index (χ3v) is 3.74. The molecule has 0 aliphatic rings. The smallest absolute Gasteiger partial charge is 0.315 e. The van der Waals surface area contributed by atoms with Gasteiger partial charge in [-0.15, -0.1) is 0 Å². The van der Waals surface area contributed by atoms with E-state index in [1.54, 1.807) is 13.3 Å². The molecule has 6 heteroatoms. The van der Waals surface area contributed by atoms with Gasteiger partial charge in [0.25, 0.3) is 0 Å². The Labute approximate surface area is 140 Å². The van der Waals surface area contributed by atoms with E-state index in [2.05, 4.69) is 20.6 Å². The van der Waals surface area contributed by atoms with Crippen molar-refractivity contribution in [3.63, 3.8) is 0 Å². The SMILES string of the molecule is COc1ccnc2[nH]c(CCNC(=O)NCc3ccccc3)cc12. The summed E-state index contributed by atoms with van der Waals surface area (Å²) in [5.74, 6) is 0.788. The van der Waals surface area contributed by atoms with Crippen molar-refractivity contribution in [1.82, 2.24) is 20.6 Å². The molecule has 124 valence electrons. The number of methoxy groups -OCH3 is 1. The molecule has 0 aliphatic carbocycles. The summed E-state index contributed by atoms with van der Waals surface area (Å²) >= 11 is 0. The summed E-state index contributed by atoms with van der Waals surface area (Å²) in [7, 11) is 1.64. The number of benzene rings is 1. The first-order valence-electron chi connectivity index (χ1n) is 7.82. The summed E-state index contributed by atoms with van der Waals surface area (Å²) in [5.41, 5.74) is 2.87. The van der Waals surface area contributed by atoms with Crippen molar-refractivity contribution in [3.05, 3.63) is 59.9 Å². The lowest BCUT2D eigenvalue weighted by Gasteiger charge is -2.07. The fourth-order valence-electron chi connectivity index (χ4n) is 2.52. The van der Waals surface area contributed by atoms with Crippen LogP contribution in [0, 0.1) is 0 Å². The molecule has 0 spiro atoms. The number of nitrogens with one attached hydrogen (secondary N) is 3. The van der Waals surface area contributed by atoms with Gasteiger partial charge in [-0.25, -0.2) is 9.78 Å². The Morgan fingerprint density at radius 3 is 2.83 bits per heavy atom. The van der Waals surface area contributed by atoms with Crippen LogP contribution >= 0.6 is 0 Å². The molecule has 0 unspecified atom stereocenters. The first-order chi connectivity index (χ1) is 11.8. The lowest BCUT2D eigenvalue weighted by Crippen LogP contribution is -2.36. The maximum absolute atomic E-state index is 11.8. The molecule has 3 rings (SSSR count). The molecular weight excluding hydrogens is 304 g/mol. The normalized spacial score (nSPS) is 10.5. The number of pyridine rings is 1. The standard InChI is InChI=1S/C18H20N4O2/c1-24-16-8-10-19-17-15(16)11-14(22-17)7-9-20-18(23)21-12-13-5-3-2-4-6-13/h2-6,8,10-11H,7,9,12H2,1H3,(H,19,22)(H2,20,21,23). The summed E-state index contributed by atoms with van der Waals surface area (Å²) in [4.78, 5) is 19.3. The van der Waals surface area contributed by atoms with E-state index in [0.29, 0.717) is 19.5 Å². The molecule has 2 aromatic heterocycles. The summed E-state index contributed by atoms with van der Waals surface area (Å²) in [6.45, 7) is 1.05. The topological polar surface area (TPSA) is 79.0 Å². The molecule has 0 saturated heterocycles. The number of amides is 2. The van der Waals surface area contributed by atoms with Crippen LogP contribution < -0.4 is 15.4 Å². The van der Waals surface area contributed by atoms with Gasteiger partial charge < -0.3 is 20.4 Å². The number of carbonyl (C=O) groups excluding carboxylic acids is 1. The van der Waals surface area contributed by atoms with Crippen molar-refractivity contribution < 1.29 is 9.53 Å². The van der Waals surface area contributed by atoms with E-state index >= 15 is 0 Å². The Balaban J connectivity index is 1.48. The van der Waals surface area contributed by atoms with Crippen LogP contribution in [0.2, 0.25) is 0 Å². The fourth-order valence-corrected chi connectivity index (χ4v) is 2.52. The number of carbonyl (C=O) groups is 1. The molecule has 0 saturated carbocycles. The molecular formula is C18H20N4O2. The van der Waals surface area contributed by atoms with E-state index in [1.807, 2.05) is 42.5 Å². The average molecular weight is 324 g/mol. The largest absolute Gasteiger partial charge is 0.496 e. The molecule has 0 bridgehead atoms. The Morgan fingerprint density at radius 2 is 2.04 bits per heavy atom. The van der Waals surface area contributed by atoms with Crippen LogP contribution in [0.25, 0.3) is 11.0 Å². The van der Waals surface area contributed by atoms with E-state index < -0.39 is 0 Å². The minimum Gasteiger partial charge on any atom is -0.496 e. The maximum atomic E-state index is 11.8. The molecule has 2 amide bonds. The van der Waals surface area contributed by atoms with Crippen LogP contribution in [0.4, 0.5) is 4.79 Å². The fraction of sp³-hybridized carbons (Fsp3) is 0.222. The zero-order valence-electron chi connectivity index (χ0n) is 13.5. The summed E-state index contributed by atoms with van der Waals surface area (Å²) in [6.07, 6.45) is 2.40. The number of ether oxygens (including phenoxy) is 1. The van der Waals surface area contributed by atoms with Crippen molar-refractivity contribution in [2.24, 2.45) is 0 Å². The first-order valence-corrected chi connectivity index (χ1v) is 7.82. The number of hydrogen-bond acceptors (Lipinski definition) is 3. The second kappa shape index (κ2) is 7.50. The van der Waals surface area contributed by atoms with Gasteiger partial charge in [0.05, 0.1) is 12.5 Å². The highest BCUT2D eigenvalue weighted by Gasteiger charge is 2.07. The number of hydrogen-bond donors (Lipinski definition) is 3. The predicted molar refractivity (Wildman–Crippen MR) is 93.0 cm³/mol. The highest BCUT2D eigenvalue weighted by Crippen LogP contribution is 2.24. The number of fused-ring (bicyclic) bond motifs is 1. The molecule has 3 aromatic rings. The lowest BCUT2D eigenvalue weighted by atomic mass is 10.2. The van der Waals surface area contributed by atoms with Crippen molar-refractivity contribution in [1.29, 1.82) is 0 Å². The van der Waals surface area contributed by atoms with Gasteiger partial charge in [0.2, 0.25) is 0 Å². The van der Waals surface area contributed by atoms with Gasteiger partial charge in [0.1, 0.15) is 11.4 Å². The number of aromatic nitrogens is 2. The number of nitrogens with zero attached hydrogens (tertiary/aromatic N) is 1. The van der Waals surface area contributed by atoms with Gasteiger partial charge in [-0.1, -0.05) is 30.3 Å². The lowest BCUT2D eigenvalue weighted by molar-refractivity contribution is 0.240. The molecule has 24 heavy (non-hydrogen) atoms. The summed E-state index contributed by atoms with van der Waals surface area (Å²) < 4.78 is 5.32. The van der Waals surface area contributed by atoms with Gasteiger partial charge in [-0.3, -0.25) is 0 Å². The van der Waals surface area contributed by atoms with Crippen molar-refractivity contribution in [2.75, 3.05) is 13.7 Å². The van der Waals surface area contributed by atoms with Crippen molar-refractivity contribution in [3.8, 4) is 5.75 Å². The first kappa shape index (κ1) is 15.9.